The van der Waals surface area contributed by atoms with E-state index in [1.54, 1.807) is 24.3 Å². The SMILES string of the molecule is C1COCCN1.CCNC(=O)c1cccc(NC(=O)C(CS)Cc2ccccc2)c1.Cl. The summed E-state index contributed by atoms with van der Waals surface area (Å²) in [6.45, 7) is 6.26. The Morgan fingerprint density at radius 3 is 2.35 bits per heavy atom. The van der Waals surface area contributed by atoms with E-state index in [2.05, 4.69) is 28.6 Å². The van der Waals surface area contributed by atoms with E-state index in [1.807, 2.05) is 37.3 Å². The number of carbonyl (C=O) groups is 2. The standard InChI is InChI=1S/C19H22N2O2S.C4H9NO.ClH/c1-2-20-18(22)15-9-6-10-17(12-15)21-19(23)16(13-24)11-14-7-4-3-5-8-14;1-3-6-4-2-5-1;/h3-10,12,16,24H,2,11,13H2,1H3,(H,20,22)(H,21,23);5H,1-4H2;1H. The van der Waals surface area contributed by atoms with E-state index in [0.717, 1.165) is 31.9 Å². The third-order valence-corrected chi connectivity index (χ3v) is 4.93. The van der Waals surface area contributed by atoms with Crippen LogP contribution in [0.1, 0.15) is 22.8 Å². The summed E-state index contributed by atoms with van der Waals surface area (Å²) in [6, 6.07) is 16.8. The van der Waals surface area contributed by atoms with Gasteiger partial charge in [-0.25, -0.2) is 0 Å². The van der Waals surface area contributed by atoms with Gasteiger partial charge in [0.05, 0.1) is 19.1 Å². The molecular formula is C23H32ClN3O3S. The molecule has 0 radical (unpaired) electrons. The van der Waals surface area contributed by atoms with Gasteiger partial charge in [-0.05, 0) is 37.1 Å². The molecule has 2 aromatic carbocycles. The van der Waals surface area contributed by atoms with Crippen molar-refractivity contribution in [3.8, 4) is 0 Å². The summed E-state index contributed by atoms with van der Waals surface area (Å²) >= 11 is 4.31. The van der Waals surface area contributed by atoms with E-state index in [-0.39, 0.29) is 30.1 Å². The van der Waals surface area contributed by atoms with Crippen LogP contribution in [0.3, 0.4) is 0 Å². The second kappa shape index (κ2) is 15.7. The smallest absolute Gasteiger partial charge is 0.251 e. The number of halogens is 1. The first-order chi connectivity index (χ1) is 14.6. The van der Waals surface area contributed by atoms with E-state index < -0.39 is 0 Å². The molecule has 0 aliphatic carbocycles. The molecule has 170 valence electrons. The van der Waals surface area contributed by atoms with Crippen LogP contribution in [0, 0.1) is 5.92 Å². The molecule has 0 saturated carbocycles. The molecule has 1 aliphatic rings. The van der Waals surface area contributed by atoms with Gasteiger partial charge in [0, 0.05) is 36.6 Å². The van der Waals surface area contributed by atoms with Crippen LogP contribution in [0.2, 0.25) is 0 Å². The molecule has 1 heterocycles. The van der Waals surface area contributed by atoms with Gasteiger partial charge < -0.3 is 20.7 Å². The molecule has 0 spiro atoms. The summed E-state index contributed by atoms with van der Waals surface area (Å²) in [5.74, 6) is -0.0223. The molecule has 1 fully saturated rings. The molecule has 3 N–H and O–H groups in total. The number of hydrogen-bond donors (Lipinski definition) is 4. The van der Waals surface area contributed by atoms with Crippen molar-refractivity contribution >= 4 is 42.5 Å². The first-order valence-corrected chi connectivity index (χ1v) is 10.9. The van der Waals surface area contributed by atoms with Crippen molar-refractivity contribution < 1.29 is 14.3 Å². The van der Waals surface area contributed by atoms with Crippen molar-refractivity contribution in [1.82, 2.24) is 10.6 Å². The largest absolute Gasteiger partial charge is 0.379 e. The minimum absolute atomic E-state index is 0. The Labute approximate surface area is 196 Å². The Kier molecular flexibility index (Phi) is 13.7. The second-order valence-electron chi connectivity index (χ2n) is 6.86. The molecule has 31 heavy (non-hydrogen) atoms. The van der Waals surface area contributed by atoms with Gasteiger partial charge in [-0.3, -0.25) is 9.59 Å². The highest BCUT2D eigenvalue weighted by atomic mass is 35.5. The van der Waals surface area contributed by atoms with Crippen molar-refractivity contribution in [3.05, 3.63) is 65.7 Å². The highest BCUT2D eigenvalue weighted by Crippen LogP contribution is 2.16. The number of rotatable bonds is 7. The average Bonchev–Trinajstić information content (AvgIpc) is 2.80. The van der Waals surface area contributed by atoms with E-state index in [1.165, 1.54) is 0 Å². The van der Waals surface area contributed by atoms with Crippen LogP contribution < -0.4 is 16.0 Å². The third-order valence-electron chi connectivity index (χ3n) is 4.49. The van der Waals surface area contributed by atoms with Crippen LogP contribution in [0.4, 0.5) is 5.69 Å². The molecule has 1 saturated heterocycles. The van der Waals surface area contributed by atoms with Crippen LogP contribution in [0.15, 0.2) is 54.6 Å². The van der Waals surface area contributed by atoms with Gasteiger partial charge in [0.25, 0.3) is 5.91 Å². The van der Waals surface area contributed by atoms with E-state index in [0.29, 0.717) is 30.0 Å². The maximum absolute atomic E-state index is 12.5. The first-order valence-electron chi connectivity index (χ1n) is 10.3. The number of carbonyl (C=O) groups excluding carboxylic acids is 2. The van der Waals surface area contributed by atoms with Crippen molar-refractivity contribution in [2.45, 2.75) is 13.3 Å². The van der Waals surface area contributed by atoms with Crippen LogP contribution in [0.5, 0.6) is 0 Å². The number of benzene rings is 2. The van der Waals surface area contributed by atoms with E-state index >= 15 is 0 Å². The van der Waals surface area contributed by atoms with Crippen LogP contribution in [0.25, 0.3) is 0 Å². The number of nitrogens with one attached hydrogen (secondary N) is 3. The van der Waals surface area contributed by atoms with E-state index in [9.17, 15) is 9.59 Å². The summed E-state index contributed by atoms with van der Waals surface area (Å²) in [6.07, 6.45) is 0.631. The Bertz CT molecular complexity index is 777. The molecular weight excluding hydrogens is 434 g/mol. The predicted molar refractivity (Wildman–Crippen MR) is 132 cm³/mol. The molecule has 0 bridgehead atoms. The Morgan fingerprint density at radius 1 is 1.10 bits per heavy atom. The van der Waals surface area contributed by atoms with Crippen LogP contribution in [-0.4, -0.2) is 50.4 Å². The lowest BCUT2D eigenvalue weighted by molar-refractivity contribution is -0.119. The molecule has 1 atom stereocenters. The topological polar surface area (TPSA) is 79.5 Å². The molecule has 0 aromatic heterocycles. The molecule has 3 rings (SSSR count). The maximum Gasteiger partial charge on any atom is 0.251 e. The highest BCUT2D eigenvalue weighted by molar-refractivity contribution is 7.80. The summed E-state index contributed by atoms with van der Waals surface area (Å²) in [4.78, 5) is 24.4. The fourth-order valence-corrected chi connectivity index (χ4v) is 3.19. The van der Waals surface area contributed by atoms with Crippen molar-refractivity contribution in [2.75, 3.05) is 43.9 Å². The highest BCUT2D eigenvalue weighted by Gasteiger charge is 2.18. The van der Waals surface area contributed by atoms with Gasteiger partial charge in [0.2, 0.25) is 5.91 Å². The summed E-state index contributed by atoms with van der Waals surface area (Å²) in [7, 11) is 0. The minimum atomic E-state index is -0.233. The van der Waals surface area contributed by atoms with Crippen molar-refractivity contribution in [3.63, 3.8) is 0 Å². The molecule has 2 aromatic rings. The normalized spacial score (nSPS) is 13.6. The zero-order valence-corrected chi connectivity index (χ0v) is 19.5. The Hall–Kier alpha value is -2.06. The molecule has 1 aliphatic heterocycles. The third kappa shape index (κ3) is 10.2. The summed E-state index contributed by atoms with van der Waals surface area (Å²) in [5, 5.41) is 8.79. The molecule has 8 heteroatoms. The quantitative estimate of drug-likeness (QED) is 0.473. The monoisotopic (exact) mass is 465 g/mol. The fraction of sp³-hybridized carbons (Fsp3) is 0.391. The first kappa shape index (κ1) is 27.0. The number of amides is 2. The second-order valence-corrected chi connectivity index (χ2v) is 7.23. The summed E-state index contributed by atoms with van der Waals surface area (Å²) in [5.41, 5.74) is 2.24. The number of morpholine rings is 1. The molecule has 2 amide bonds. The van der Waals surface area contributed by atoms with Gasteiger partial charge in [-0.15, -0.1) is 12.4 Å². The number of hydrogen-bond acceptors (Lipinski definition) is 5. The van der Waals surface area contributed by atoms with E-state index in [4.69, 9.17) is 4.74 Å². The Morgan fingerprint density at radius 2 is 1.81 bits per heavy atom. The zero-order valence-electron chi connectivity index (χ0n) is 17.8. The summed E-state index contributed by atoms with van der Waals surface area (Å²) < 4.78 is 5.01. The maximum atomic E-state index is 12.5. The van der Waals surface area contributed by atoms with Gasteiger partial charge >= 0.3 is 0 Å². The van der Waals surface area contributed by atoms with Crippen LogP contribution in [-0.2, 0) is 16.0 Å². The Balaban J connectivity index is 0.000000591. The fourth-order valence-electron chi connectivity index (χ4n) is 2.90. The number of anilines is 1. The number of thiol groups is 1. The molecule has 6 nitrogen and oxygen atoms in total. The van der Waals surface area contributed by atoms with Gasteiger partial charge in [-0.1, -0.05) is 36.4 Å². The zero-order chi connectivity index (χ0) is 21.6. The van der Waals surface area contributed by atoms with Crippen molar-refractivity contribution in [1.29, 1.82) is 0 Å². The predicted octanol–water partition coefficient (Wildman–Crippen LogP) is 3.19. The number of ether oxygens (including phenoxy) is 1. The van der Waals surface area contributed by atoms with Crippen LogP contribution >= 0.6 is 25.0 Å². The molecule has 1 unspecified atom stereocenters. The van der Waals surface area contributed by atoms with Gasteiger partial charge in [0.1, 0.15) is 0 Å². The average molecular weight is 466 g/mol. The lowest BCUT2D eigenvalue weighted by Gasteiger charge is -2.15. The lowest BCUT2D eigenvalue weighted by Crippen LogP contribution is -2.30. The lowest BCUT2D eigenvalue weighted by atomic mass is 10.00. The van der Waals surface area contributed by atoms with Gasteiger partial charge in [-0.2, -0.15) is 12.6 Å². The van der Waals surface area contributed by atoms with Crippen molar-refractivity contribution in [2.24, 2.45) is 5.92 Å². The van der Waals surface area contributed by atoms with Gasteiger partial charge in [0.15, 0.2) is 0 Å². The minimum Gasteiger partial charge on any atom is -0.379 e.